The van der Waals surface area contributed by atoms with Crippen LogP contribution in [0.2, 0.25) is 0 Å². The second kappa shape index (κ2) is 6.30. The molecule has 0 saturated carbocycles. The maximum Gasteiger partial charge on any atom is 0.118 e. The molecule has 0 bridgehead atoms. The van der Waals surface area contributed by atoms with E-state index in [-0.39, 0.29) is 6.04 Å². The molecule has 0 spiro atoms. The van der Waals surface area contributed by atoms with Gasteiger partial charge in [0.15, 0.2) is 0 Å². The highest BCUT2D eigenvalue weighted by atomic mass is 32.1. The van der Waals surface area contributed by atoms with Gasteiger partial charge in [-0.2, -0.15) is 0 Å². The standard InChI is InChI=1S/C18H18N2OS/c1-12-4-3-5-14(10-12)17(19)18-20-16(11-22-18)13-6-8-15(21-2)9-7-13/h3-11,17H,19H2,1-2H3. The van der Waals surface area contributed by atoms with Crippen molar-refractivity contribution in [1.82, 2.24) is 4.98 Å². The number of aryl methyl sites for hydroxylation is 1. The van der Waals surface area contributed by atoms with Gasteiger partial charge in [-0.15, -0.1) is 11.3 Å². The van der Waals surface area contributed by atoms with Crippen molar-refractivity contribution >= 4 is 11.3 Å². The van der Waals surface area contributed by atoms with Crippen LogP contribution in [0, 0.1) is 6.92 Å². The average molecular weight is 310 g/mol. The zero-order chi connectivity index (χ0) is 15.5. The molecule has 0 aliphatic carbocycles. The highest BCUT2D eigenvalue weighted by Gasteiger charge is 2.14. The molecule has 3 nitrogen and oxygen atoms in total. The van der Waals surface area contributed by atoms with E-state index in [1.165, 1.54) is 5.56 Å². The summed E-state index contributed by atoms with van der Waals surface area (Å²) in [5, 5.41) is 2.98. The summed E-state index contributed by atoms with van der Waals surface area (Å²) in [6.07, 6.45) is 0. The van der Waals surface area contributed by atoms with Crippen LogP contribution in [0.25, 0.3) is 11.3 Å². The lowest BCUT2D eigenvalue weighted by Gasteiger charge is -2.09. The summed E-state index contributed by atoms with van der Waals surface area (Å²) in [6.45, 7) is 2.07. The zero-order valence-electron chi connectivity index (χ0n) is 12.6. The highest BCUT2D eigenvalue weighted by molar-refractivity contribution is 7.10. The van der Waals surface area contributed by atoms with Crippen LogP contribution in [0.1, 0.15) is 22.2 Å². The van der Waals surface area contributed by atoms with Gasteiger partial charge in [0.25, 0.3) is 0 Å². The number of methoxy groups -OCH3 is 1. The van der Waals surface area contributed by atoms with Gasteiger partial charge in [0.1, 0.15) is 10.8 Å². The quantitative estimate of drug-likeness (QED) is 0.786. The van der Waals surface area contributed by atoms with E-state index < -0.39 is 0 Å². The second-order valence-electron chi connectivity index (χ2n) is 5.19. The molecule has 2 aromatic carbocycles. The van der Waals surface area contributed by atoms with Crippen molar-refractivity contribution in [3.8, 4) is 17.0 Å². The molecular formula is C18H18N2OS. The van der Waals surface area contributed by atoms with Crippen molar-refractivity contribution in [2.24, 2.45) is 5.73 Å². The Balaban J connectivity index is 1.86. The van der Waals surface area contributed by atoms with Crippen molar-refractivity contribution in [3.63, 3.8) is 0 Å². The Kier molecular flexibility index (Phi) is 4.22. The minimum atomic E-state index is -0.183. The van der Waals surface area contributed by atoms with Crippen LogP contribution in [0.5, 0.6) is 5.75 Å². The average Bonchev–Trinajstić information content (AvgIpc) is 3.04. The molecule has 0 amide bonds. The molecule has 0 saturated heterocycles. The normalized spacial score (nSPS) is 12.1. The molecule has 0 fully saturated rings. The molecule has 0 aliphatic rings. The lowest BCUT2D eigenvalue weighted by Crippen LogP contribution is -2.11. The molecule has 4 heteroatoms. The molecule has 1 aromatic heterocycles. The van der Waals surface area contributed by atoms with Crippen LogP contribution in [-0.2, 0) is 0 Å². The minimum Gasteiger partial charge on any atom is -0.497 e. The fourth-order valence-corrected chi connectivity index (χ4v) is 3.19. The summed E-state index contributed by atoms with van der Waals surface area (Å²) in [4.78, 5) is 4.69. The summed E-state index contributed by atoms with van der Waals surface area (Å²) in [5.74, 6) is 0.843. The molecule has 1 atom stereocenters. The number of hydrogen-bond donors (Lipinski definition) is 1. The Labute approximate surface area is 134 Å². The molecule has 0 aliphatic heterocycles. The number of nitrogens with zero attached hydrogens (tertiary/aromatic N) is 1. The number of rotatable bonds is 4. The first kappa shape index (κ1) is 14.8. The van der Waals surface area contributed by atoms with E-state index in [4.69, 9.17) is 15.5 Å². The Bertz CT molecular complexity index is 765. The van der Waals surface area contributed by atoms with Gasteiger partial charge in [-0.05, 0) is 36.8 Å². The number of benzene rings is 2. The summed E-state index contributed by atoms with van der Waals surface area (Å²) in [6, 6.07) is 16.0. The molecule has 22 heavy (non-hydrogen) atoms. The van der Waals surface area contributed by atoms with Gasteiger partial charge in [0, 0.05) is 10.9 Å². The summed E-state index contributed by atoms with van der Waals surface area (Å²) in [7, 11) is 1.66. The Morgan fingerprint density at radius 3 is 2.59 bits per heavy atom. The monoisotopic (exact) mass is 310 g/mol. The van der Waals surface area contributed by atoms with Crippen molar-refractivity contribution in [1.29, 1.82) is 0 Å². The van der Waals surface area contributed by atoms with Gasteiger partial charge in [-0.1, -0.05) is 29.8 Å². The van der Waals surface area contributed by atoms with Gasteiger partial charge >= 0.3 is 0 Å². The highest BCUT2D eigenvalue weighted by Crippen LogP contribution is 2.29. The van der Waals surface area contributed by atoms with Gasteiger partial charge in [-0.25, -0.2) is 4.98 Å². The van der Waals surface area contributed by atoms with Crippen molar-refractivity contribution < 1.29 is 4.74 Å². The van der Waals surface area contributed by atoms with Crippen molar-refractivity contribution in [2.45, 2.75) is 13.0 Å². The van der Waals surface area contributed by atoms with E-state index in [0.717, 1.165) is 27.6 Å². The molecule has 0 radical (unpaired) electrons. The number of thiazole rings is 1. The zero-order valence-corrected chi connectivity index (χ0v) is 13.4. The first-order valence-electron chi connectivity index (χ1n) is 7.09. The first-order valence-corrected chi connectivity index (χ1v) is 7.97. The minimum absolute atomic E-state index is 0.183. The van der Waals surface area contributed by atoms with Crippen molar-refractivity contribution in [3.05, 3.63) is 70.0 Å². The Morgan fingerprint density at radius 2 is 1.91 bits per heavy atom. The Hall–Kier alpha value is -2.17. The van der Waals surface area contributed by atoms with E-state index in [2.05, 4.69) is 19.1 Å². The number of aromatic nitrogens is 1. The fourth-order valence-electron chi connectivity index (χ4n) is 2.33. The van der Waals surface area contributed by atoms with E-state index in [9.17, 15) is 0 Å². The number of hydrogen-bond acceptors (Lipinski definition) is 4. The predicted octanol–water partition coefficient (Wildman–Crippen LogP) is 4.18. The fraction of sp³-hybridized carbons (Fsp3) is 0.167. The van der Waals surface area contributed by atoms with Gasteiger partial charge in [-0.3, -0.25) is 0 Å². The van der Waals surface area contributed by atoms with E-state index >= 15 is 0 Å². The van der Waals surface area contributed by atoms with E-state index in [1.807, 2.05) is 41.8 Å². The topological polar surface area (TPSA) is 48.1 Å². The first-order chi connectivity index (χ1) is 10.7. The third-order valence-corrected chi connectivity index (χ3v) is 4.50. The van der Waals surface area contributed by atoms with Gasteiger partial charge in [0.05, 0.1) is 18.8 Å². The second-order valence-corrected chi connectivity index (χ2v) is 6.08. The van der Waals surface area contributed by atoms with Crippen LogP contribution in [-0.4, -0.2) is 12.1 Å². The van der Waals surface area contributed by atoms with Crippen LogP contribution >= 0.6 is 11.3 Å². The molecule has 3 rings (SSSR count). The molecule has 3 aromatic rings. The van der Waals surface area contributed by atoms with Crippen molar-refractivity contribution in [2.75, 3.05) is 7.11 Å². The molecule has 1 unspecified atom stereocenters. The SMILES string of the molecule is COc1ccc(-c2csc(C(N)c3cccc(C)c3)n2)cc1. The Morgan fingerprint density at radius 1 is 1.14 bits per heavy atom. The lowest BCUT2D eigenvalue weighted by atomic mass is 10.1. The van der Waals surface area contributed by atoms with Gasteiger partial charge < -0.3 is 10.5 Å². The largest absolute Gasteiger partial charge is 0.497 e. The van der Waals surface area contributed by atoms with Crippen LogP contribution in [0.3, 0.4) is 0 Å². The lowest BCUT2D eigenvalue weighted by molar-refractivity contribution is 0.415. The summed E-state index contributed by atoms with van der Waals surface area (Å²) in [5.41, 5.74) is 10.7. The summed E-state index contributed by atoms with van der Waals surface area (Å²) < 4.78 is 5.18. The smallest absolute Gasteiger partial charge is 0.118 e. The predicted molar refractivity (Wildman–Crippen MR) is 91.3 cm³/mol. The van der Waals surface area contributed by atoms with E-state index in [1.54, 1.807) is 18.4 Å². The molecule has 2 N–H and O–H groups in total. The van der Waals surface area contributed by atoms with Crippen LogP contribution < -0.4 is 10.5 Å². The third-order valence-electron chi connectivity index (χ3n) is 3.58. The molecular weight excluding hydrogens is 292 g/mol. The summed E-state index contributed by atoms with van der Waals surface area (Å²) >= 11 is 1.60. The van der Waals surface area contributed by atoms with Crippen LogP contribution in [0.4, 0.5) is 0 Å². The van der Waals surface area contributed by atoms with E-state index in [0.29, 0.717) is 0 Å². The number of ether oxygens (including phenoxy) is 1. The maximum atomic E-state index is 6.35. The molecule has 1 heterocycles. The van der Waals surface area contributed by atoms with Crippen LogP contribution in [0.15, 0.2) is 53.9 Å². The molecule has 112 valence electrons. The maximum absolute atomic E-state index is 6.35. The van der Waals surface area contributed by atoms with Gasteiger partial charge in [0.2, 0.25) is 0 Å². The third kappa shape index (κ3) is 3.03. The number of nitrogens with two attached hydrogens (primary N) is 1.